The Morgan fingerprint density at radius 2 is 2.14 bits per heavy atom. The third kappa shape index (κ3) is 4.10. The highest BCUT2D eigenvalue weighted by atomic mass is 79.9. The van der Waals surface area contributed by atoms with Crippen LogP contribution >= 0.6 is 27.3 Å². The summed E-state index contributed by atoms with van der Waals surface area (Å²) in [7, 11) is 0. The number of nitrogens with one attached hydrogen (secondary N) is 1. The second kappa shape index (κ2) is 6.97. The van der Waals surface area contributed by atoms with Gasteiger partial charge in [-0.05, 0) is 34.8 Å². The second-order valence-corrected chi connectivity index (χ2v) is 7.17. The molecule has 10 heteroatoms. The molecule has 0 aliphatic carbocycles. The monoisotopic (exact) mass is 390 g/mol. The number of thiophene rings is 1. The number of hydrogen-bond acceptors (Lipinski definition) is 5. The Kier molecular flexibility index (Phi) is 5.24. The number of primary amides is 2. The SMILES string of the molecule is NC(=O)Nc1sc(Br)cc1C(=O)OC1CCCN(C(N)=O)C1. The number of piperidine rings is 1. The van der Waals surface area contributed by atoms with E-state index in [1.165, 1.54) is 4.90 Å². The third-order valence-corrected chi connectivity index (χ3v) is 4.68. The van der Waals surface area contributed by atoms with Crippen LogP contribution in [0.15, 0.2) is 9.85 Å². The number of nitrogens with zero attached hydrogens (tertiary/aromatic N) is 1. The van der Waals surface area contributed by atoms with Crippen LogP contribution in [0.1, 0.15) is 23.2 Å². The van der Waals surface area contributed by atoms with Crippen molar-refractivity contribution >= 4 is 50.3 Å². The zero-order chi connectivity index (χ0) is 16.3. The van der Waals surface area contributed by atoms with E-state index in [4.69, 9.17) is 16.2 Å². The Morgan fingerprint density at radius 3 is 2.77 bits per heavy atom. The number of hydrogen-bond donors (Lipinski definition) is 3. The number of amides is 4. The Labute approximate surface area is 138 Å². The lowest BCUT2D eigenvalue weighted by Crippen LogP contribution is -2.46. The lowest BCUT2D eigenvalue weighted by molar-refractivity contribution is 0.0129. The number of carbonyl (C=O) groups excluding carboxylic acids is 3. The molecule has 0 radical (unpaired) electrons. The summed E-state index contributed by atoms with van der Waals surface area (Å²) < 4.78 is 6.06. The van der Waals surface area contributed by atoms with Crippen molar-refractivity contribution in [2.24, 2.45) is 11.5 Å². The molecule has 1 saturated heterocycles. The van der Waals surface area contributed by atoms with E-state index >= 15 is 0 Å². The predicted molar refractivity (Wildman–Crippen MR) is 84.8 cm³/mol. The van der Waals surface area contributed by atoms with Crippen molar-refractivity contribution < 1.29 is 19.1 Å². The van der Waals surface area contributed by atoms with Gasteiger partial charge >= 0.3 is 18.0 Å². The number of nitrogens with two attached hydrogens (primary N) is 2. The first-order valence-electron chi connectivity index (χ1n) is 6.48. The van der Waals surface area contributed by atoms with E-state index in [-0.39, 0.29) is 12.1 Å². The summed E-state index contributed by atoms with van der Waals surface area (Å²) in [5, 5.41) is 2.69. The van der Waals surface area contributed by atoms with Crippen LogP contribution in [0.4, 0.5) is 14.6 Å². The highest BCUT2D eigenvalue weighted by Crippen LogP contribution is 2.33. The van der Waals surface area contributed by atoms with Crippen LogP contribution in [0.2, 0.25) is 0 Å². The van der Waals surface area contributed by atoms with Crippen molar-refractivity contribution in [1.82, 2.24) is 4.90 Å². The maximum atomic E-state index is 12.2. The van der Waals surface area contributed by atoms with E-state index in [9.17, 15) is 14.4 Å². The van der Waals surface area contributed by atoms with Crippen molar-refractivity contribution in [2.45, 2.75) is 18.9 Å². The molecule has 1 aliphatic rings. The molecule has 5 N–H and O–H groups in total. The molecule has 1 atom stereocenters. The lowest BCUT2D eigenvalue weighted by atomic mass is 10.1. The largest absolute Gasteiger partial charge is 0.457 e. The zero-order valence-corrected chi connectivity index (χ0v) is 13.9. The topological polar surface area (TPSA) is 128 Å². The average molecular weight is 391 g/mol. The van der Waals surface area contributed by atoms with Crippen LogP contribution in [0.25, 0.3) is 0 Å². The van der Waals surface area contributed by atoms with Crippen LogP contribution in [-0.4, -0.2) is 42.1 Å². The van der Waals surface area contributed by atoms with Gasteiger partial charge in [-0.3, -0.25) is 5.32 Å². The predicted octanol–water partition coefficient (Wildman–Crippen LogP) is 1.70. The van der Waals surface area contributed by atoms with Gasteiger partial charge in [-0.25, -0.2) is 14.4 Å². The minimum absolute atomic E-state index is 0.215. The molecule has 22 heavy (non-hydrogen) atoms. The van der Waals surface area contributed by atoms with Crippen molar-refractivity contribution in [3.8, 4) is 0 Å². The smallest absolute Gasteiger partial charge is 0.341 e. The fraction of sp³-hybridized carbons (Fsp3) is 0.417. The van der Waals surface area contributed by atoms with E-state index in [2.05, 4.69) is 21.2 Å². The quantitative estimate of drug-likeness (QED) is 0.678. The number of anilines is 1. The number of urea groups is 2. The molecule has 120 valence electrons. The fourth-order valence-electron chi connectivity index (χ4n) is 2.17. The van der Waals surface area contributed by atoms with Gasteiger partial charge in [-0.15, -0.1) is 11.3 Å². The molecule has 0 saturated carbocycles. The number of rotatable bonds is 3. The average Bonchev–Trinajstić information content (AvgIpc) is 2.79. The highest BCUT2D eigenvalue weighted by Gasteiger charge is 2.27. The first-order chi connectivity index (χ1) is 10.4. The second-order valence-electron chi connectivity index (χ2n) is 4.74. The summed E-state index contributed by atoms with van der Waals surface area (Å²) in [5.41, 5.74) is 10.5. The van der Waals surface area contributed by atoms with Crippen molar-refractivity contribution in [3.05, 3.63) is 15.4 Å². The molecule has 0 spiro atoms. The summed E-state index contributed by atoms with van der Waals surface area (Å²) in [4.78, 5) is 35.8. The minimum atomic E-state index is -0.763. The molecule has 1 unspecified atom stereocenters. The van der Waals surface area contributed by atoms with E-state index in [1.54, 1.807) is 6.07 Å². The summed E-state index contributed by atoms with van der Waals surface area (Å²) in [5.74, 6) is -0.581. The Morgan fingerprint density at radius 1 is 1.41 bits per heavy atom. The van der Waals surface area contributed by atoms with Gasteiger partial charge in [0.25, 0.3) is 0 Å². The summed E-state index contributed by atoms with van der Waals surface area (Å²) in [6.45, 7) is 0.826. The van der Waals surface area contributed by atoms with Crippen molar-refractivity contribution in [2.75, 3.05) is 18.4 Å². The van der Waals surface area contributed by atoms with Crippen LogP contribution in [0.5, 0.6) is 0 Å². The minimum Gasteiger partial charge on any atom is -0.457 e. The summed E-state index contributed by atoms with van der Waals surface area (Å²) in [6, 6.07) is 0.253. The Balaban J connectivity index is 2.06. The van der Waals surface area contributed by atoms with E-state index < -0.39 is 24.1 Å². The summed E-state index contributed by atoms with van der Waals surface area (Å²) in [6.07, 6.45) is 0.939. The molecule has 8 nitrogen and oxygen atoms in total. The molecule has 2 heterocycles. The zero-order valence-electron chi connectivity index (χ0n) is 11.5. The lowest BCUT2D eigenvalue weighted by Gasteiger charge is -2.31. The first kappa shape index (κ1) is 16.6. The molecular formula is C12H15BrN4O4S. The third-order valence-electron chi connectivity index (χ3n) is 3.12. The molecule has 1 aliphatic heterocycles. The maximum Gasteiger partial charge on any atom is 0.341 e. The normalized spacial score (nSPS) is 17.9. The van der Waals surface area contributed by atoms with E-state index in [0.29, 0.717) is 28.2 Å². The van der Waals surface area contributed by atoms with Crippen molar-refractivity contribution in [3.63, 3.8) is 0 Å². The number of likely N-dealkylation sites (tertiary alicyclic amines) is 1. The van der Waals surface area contributed by atoms with E-state index in [0.717, 1.165) is 11.3 Å². The van der Waals surface area contributed by atoms with Gasteiger partial charge in [0.15, 0.2) is 0 Å². The molecule has 0 aromatic carbocycles. The van der Waals surface area contributed by atoms with Crippen LogP contribution in [-0.2, 0) is 4.74 Å². The Bertz CT molecular complexity index is 606. The highest BCUT2D eigenvalue weighted by molar-refractivity contribution is 9.11. The van der Waals surface area contributed by atoms with Gasteiger partial charge in [0.05, 0.1) is 15.9 Å². The van der Waals surface area contributed by atoms with Crippen LogP contribution in [0, 0.1) is 0 Å². The van der Waals surface area contributed by atoms with E-state index in [1.807, 2.05) is 0 Å². The van der Waals surface area contributed by atoms with Crippen LogP contribution < -0.4 is 16.8 Å². The summed E-state index contributed by atoms with van der Waals surface area (Å²) >= 11 is 4.40. The number of carbonyl (C=O) groups is 3. The molecular weight excluding hydrogens is 376 g/mol. The van der Waals surface area contributed by atoms with Gasteiger partial charge in [-0.2, -0.15) is 0 Å². The molecule has 1 aromatic heterocycles. The molecule has 2 rings (SSSR count). The van der Waals surface area contributed by atoms with Gasteiger partial charge < -0.3 is 21.1 Å². The van der Waals surface area contributed by atoms with Gasteiger partial charge in [0.1, 0.15) is 11.1 Å². The first-order valence-corrected chi connectivity index (χ1v) is 8.09. The van der Waals surface area contributed by atoms with Gasteiger partial charge in [0.2, 0.25) is 0 Å². The van der Waals surface area contributed by atoms with Gasteiger partial charge in [0, 0.05) is 6.54 Å². The number of esters is 1. The molecule has 4 amide bonds. The standard InChI is InChI=1S/C12H15BrN4O4S/c13-8-4-7(9(22-8)16-11(14)19)10(18)21-6-2-1-3-17(5-6)12(15)20/h4,6H,1-3,5H2,(H2,15,20)(H3,14,16,19). The maximum absolute atomic E-state index is 12.2. The molecule has 1 aromatic rings. The molecule has 1 fully saturated rings. The fourth-order valence-corrected chi connectivity index (χ4v) is 3.66. The van der Waals surface area contributed by atoms with Gasteiger partial charge in [-0.1, -0.05) is 0 Å². The van der Waals surface area contributed by atoms with Crippen LogP contribution in [0.3, 0.4) is 0 Å². The van der Waals surface area contributed by atoms with Crippen molar-refractivity contribution in [1.29, 1.82) is 0 Å². The Hall–Kier alpha value is -1.81. The number of ether oxygens (including phenoxy) is 1. The number of halogens is 1. The molecule has 0 bridgehead atoms.